The van der Waals surface area contributed by atoms with E-state index in [1.807, 2.05) is 24.5 Å². The third kappa shape index (κ3) is 5.12. The first-order valence-electron chi connectivity index (χ1n) is 6.65. The van der Waals surface area contributed by atoms with E-state index in [1.165, 1.54) is 5.56 Å². The molecule has 4 heteroatoms. The fourth-order valence-electron chi connectivity index (χ4n) is 1.91. The molecular weight excluding hydrogens is 230 g/mol. The summed E-state index contributed by atoms with van der Waals surface area (Å²) in [5.41, 5.74) is 1.31. The van der Waals surface area contributed by atoms with Gasteiger partial charge < -0.3 is 14.2 Å². The summed E-state index contributed by atoms with van der Waals surface area (Å²) in [5, 5.41) is 0. The SMILES string of the molecule is c1cc(CCCOCCC2OCCCO2)ccn1. The molecule has 18 heavy (non-hydrogen) atoms. The Balaban J connectivity index is 1.46. The maximum absolute atomic E-state index is 5.58. The van der Waals surface area contributed by atoms with Gasteiger partial charge in [0.1, 0.15) is 0 Å². The van der Waals surface area contributed by atoms with Gasteiger partial charge in [-0.2, -0.15) is 0 Å². The van der Waals surface area contributed by atoms with Crippen LogP contribution >= 0.6 is 0 Å². The van der Waals surface area contributed by atoms with E-state index in [4.69, 9.17) is 14.2 Å². The third-order valence-corrected chi connectivity index (χ3v) is 2.90. The van der Waals surface area contributed by atoms with E-state index in [-0.39, 0.29) is 6.29 Å². The van der Waals surface area contributed by atoms with Crippen molar-refractivity contribution in [3.63, 3.8) is 0 Å². The van der Waals surface area contributed by atoms with Gasteiger partial charge in [0.2, 0.25) is 0 Å². The molecule has 0 saturated carbocycles. The molecule has 0 aromatic carbocycles. The summed E-state index contributed by atoms with van der Waals surface area (Å²) >= 11 is 0. The molecule has 0 amide bonds. The first-order valence-corrected chi connectivity index (χ1v) is 6.65. The fourth-order valence-corrected chi connectivity index (χ4v) is 1.91. The predicted molar refractivity (Wildman–Crippen MR) is 68.3 cm³/mol. The Bertz CT molecular complexity index is 312. The van der Waals surface area contributed by atoms with Crippen molar-refractivity contribution in [1.82, 2.24) is 4.98 Å². The van der Waals surface area contributed by atoms with Crippen molar-refractivity contribution in [2.75, 3.05) is 26.4 Å². The van der Waals surface area contributed by atoms with Gasteiger partial charge in [-0.1, -0.05) is 0 Å². The fraction of sp³-hybridized carbons (Fsp3) is 0.643. The highest BCUT2D eigenvalue weighted by molar-refractivity contribution is 5.09. The molecule has 100 valence electrons. The molecule has 0 aliphatic carbocycles. The Morgan fingerprint density at radius 3 is 2.72 bits per heavy atom. The molecule has 0 radical (unpaired) electrons. The van der Waals surface area contributed by atoms with Crippen LogP contribution in [0.25, 0.3) is 0 Å². The number of nitrogens with zero attached hydrogens (tertiary/aromatic N) is 1. The van der Waals surface area contributed by atoms with Crippen molar-refractivity contribution < 1.29 is 14.2 Å². The Kier molecular flexibility index (Phi) is 6.12. The third-order valence-electron chi connectivity index (χ3n) is 2.90. The van der Waals surface area contributed by atoms with Gasteiger partial charge in [0, 0.05) is 25.4 Å². The quantitative estimate of drug-likeness (QED) is 0.696. The van der Waals surface area contributed by atoms with Crippen LogP contribution in [0.3, 0.4) is 0 Å². The molecule has 1 saturated heterocycles. The Morgan fingerprint density at radius 1 is 1.17 bits per heavy atom. The minimum absolute atomic E-state index is 0.0565. The first kappa shape index (κ1) is 13.5. The Labute approximate surface area is 108 Å². The van der Waals surface area contributed by atoms with E-state index in [0.29, 0.717) is 6.61 Å². The Hall–Kier alpha value is -0.970. The zero-order valence-electron chi connectivity index (χ0n) is 10.7. The topological polar surface area (TPSA) is 40.6 Å². The summed E-state index contributed by atoms with van der Waals surface area (Å²) in [7, 11) is 0. The maximum atomic E-state index is 5.58. The van der Waals surface area contributed by atoms with Crippen LogP contribution in [0.2, 0.25) is 0 Å². The van der Waals surface area contributed by atoms with Crippen LogP contribution in [-0.4, -0.2) is 37.7 Å². The van der Waals surface area contributed by atoms with Gasteiger partial charge in [0.25, 0.3) is 0 Å². The van der Waals surface area contributed by atoms with Crippen LogP contribution in [-0.2, 0) is 20.6 Å². The van der Waals surface area contributed by atoms with Gasteiger partial charge in [-0.05, 0) is 37.0 Å². The second-order valence-corrected chi connectivity index (χ2v) is 4.38. The summed E-state index contributed by atoms with van der Waals surface area (Å²) in [6.07, 6.45) is 7.51. The minimum Gasteiger partial charge on any atom is -0.381 e. The van der Waals surface area contributed by atoms with Crippen molar-refractivity contribution >= 4 is 0 Å². The van der Waals surface area contributed by atoms with E-state index < -0.39 is 0 Å². The second kappa shape index (κ2) is 8.19. The molecule has 2 heterocycles. The molecule has 1 aromatic heterocycles. The van der Waals surface area contributed by atoms with Crippen LogP contribution in [0.1, 0.15) is 24.8 Å². The van der Waals surface area contributed by atoms with Crippen molar-refractivity contribution in [3.05, 3.63) is 30.1 Å². The lowest BCUT2D eigenvalue weighted by Crippen LogP contribution is -2.26. The number of aromatic nitrogens is 1. The first-order chi connectivity index (χ1) is 8.95. The van der Waals surface area contributed by atoms with Gasteiger partial charge in [-0.15, -0.1) is 0 Å². The molecule has 2 rings (SSSR count). The van der Waals surface area contributed by atoms with Gasteiger partial charge in [-0.3, -0.25) is 4.98 Å². The number of rotatable bonds is 7. The lowest BCUT2D eigenvalue weighted by molar-refractivity contribution is -0.186. The van der Waals surface area contributed by atoms with Crippen molar-refractivity contribution in [1.29, 1.82) is 0 Å². The van der Waals surface area contributed by atoms with Crippen LogP contribution in [0, 0.1) is 0 Å². The minimum atomic E-state index is -0.0565. The zero-order valence-corrected chi connectivity index (χ0v) is 10.7. The monoisotopic (exact) mass is 251 g/mol. The van der Waals surface area contributed by atoms with Crippen molar-refractivity contribution in [3.8, 4) is 0 Å². The van der Waals surface area contributed by atoms with Gasteiger partial charge >= 0.3 is 0 Å². The molecule has 1 aliphatic rings. The largest absolute Gasteiger partial charge is 0.381 e. The summed E-state index contributed by atoms with van der Waals surface area (Å²) in [6, 6.07) is 4.09. The summed E-state index contributed by atoms with van der Waals surface area (Å²) < 4.78 is 16.5. The molecule has 0 N–H and O–H groups in total. The highest BCUT2D eigenvalue weighted by Gasteiger charge is 2.13. The normalized spacial score (nSPS) is 16.9. The van der Waals surface area contributed by atoms with Crippen LogP contribution in [0.4, 0.5) is 0 Å². The predicted octanol–water partition coefficient (Wildman–Crippen LogP) is 2.18. The number of hydrogen-bond acceptors (Lipinski definition) is 4. The molecule has 1 aromatic rings. The van der Waals surface area contributed by atoms with Gasteiger partial charge in [-0.25, -0.2) is 0 Å². The van der Waals surface area contributed by atoms with E-state index in [1.54, 1.807) is 0 Å². The molecule has 1 aliphatic heterocycles. The molecule has 4 nitrogen and oxygen atoms in total. The molecular formula is C14H21NO3. The van der Waals surface area contributed by atoms with Gasteiger partial charge in [0.15, 0.2) is 6.29 Å². The van der Waals surface area contributed by atoms with Crippen LogP contribution in [0.5, 0.6) is 0 Å². The van der Waals surface area contributed by atoms with E-state index in [9.17, 15) is 0 Å². The highest BCUT2D eigenvalue weighted by atomic mass is 16.7. The van der Waals surface area contributed by atoms with Crippen LogP contribution in [0.15, 0.2) is 24.5 Å². The summed E-state index contributed by atoms with van der Waals surface area (Å²) in [4.78, 5) is 4.00. The number of hydrogen-bond donors (Lipinski definition) is 0. The lowest BCUT2D eigenvalue weighted by Gasteiger charge is -2.22. The molecule has 0 bridgehead atoms. The highest BCUT2D eigenvalue weighted by Crippen LogP contribution is 2.08. The van der Waals surface area contributed by atoms with Crippen molar-refractivity contribution in [2.24, 2.45) is 0 Å². The Morgan fingerprint density at radius 2 is 1.94 bits per heavy atom. The van der Waals surface area contributed by atoms with E-state index >= 15 is 0 Å². The molecule has 1 fully saturated rings. The summed E-state index contributed by atoms with van der Waals surface area (Å²) in [6.45, 7) is 3.12. The maximum Gasteiger partial charge on any atom is 0.159 e. The number of aryl methyl sites for hydroxylation is 1. The van der Waals surface area contributed by atoms with Crippen LogP contribution < -0.4 is 0 Å². The van der Waals surface area contributed by atoms with Gasteiger partial charge in [0.05, 0.1) is 19.8 Å². The molecule has 0 spiro atoms. The second-order valence-electron chi connectivity index (χ2n) is 4.38. The van der Waals surface area contributed by atoms with E-state index in [0.717, 1.165) is 45.5 Å². The lowest BCUT2D eigenvalue weighted by atomic mass is 10.1. The molecule has 0 unspecified atom stereocenters. The standard InChI is InChI=1S/C14H21NO3/c1(3-13-4-7-15-8-5-13)9-16-12-6-14-17-10-2-11-18-14/h4-5,7-8,14H,1-3,6,9-12H2. The number of pyridine rings is 1. The van der Waals surface area contributed by atoms with E-state index in [2.05, 4.69) is 4.98 Å². The number of ether oxygens (including phenoxy) is 3. The van der Waals surface area contributed by atoms with Crippen molar-refractivity contribution in [2.45, 2.75) is 32.0 Å². The molecule has 0 atom stereocenters. The average Bonchev–Trinajstić information content (AvgIpc) is 2.45. The smallest absolute Gasteiger partial charge is 0.159 e. The zero-order chi connectivity index (χ0) is 12.5. The average molecular weight is 251 g/mol. The summed E-state index contributed by atoms with van der Waals surface area (Å²) in [5.74, 6) is 0.